The molecule has 0 fully saturated rings. The Morgan fingerprint density at radius 3 is 1.95 bits per heavy atom. The number of hydrogen-bond acceptors (Lipinski definition) is 4. The highest BCUT2D eigenvalue weighted by Gasteiger charge is 2.73. The van der Waals surface area contributed by atoms with E-state index in [1.54, 1.807) is 0 Å². The van der Waals surface area contributed by atoms with E-state index in [1.165, 1.54) is 12.1 Å². The van der Waals surface area contributed by atoms with Crippen molar-refractivity contribution in [2.75, 3.05) is 17.7 Å². The maximum atomic E-state index is 14.6. The Balaban J connectivity index is 2.05. The van der Waals surface area contributed by atoms with Gasteiger partial charge in [0.2, 0.25) is 0 Å². The van der Waals surface area contributed by atoms with Crippen molar-refractivity contribution in [1.29, 1.82) is 0 Å². The van der Waals surface area contributed by atoms with Gasteiger partial charge < -0.3 is 20.1 Å². The summed E-state index contributed by atoms with van der Waals surface area (Å²) >= 11 is 11.6. The first kappa shape index (κ1) is 33.6. The molecule has 0 spiro atoms. The van der Waals surface area contributed by atoms with Crippen LogP contribution in [0.4, 0.5) is 55.3 Å². The molecule has 3 aromatic rings. The lowest BCUT2D eigenvalue weighted by atomic mass is 9.93. The fraction of sp³-hybridized carbons (Fsp3) is 0.200. The summed E-state index contributed by atoms with van der Waals surface area (Å²) in [4.78, 5) is 25.7. The van der Waals surface area contributed by atoms with Crippen molar-refractivity contribution < 1.29 is 63.0 Å². The molecule has 0 saturated heterocycles. The van der Waals surface area contributed by atoms with Gasteiger partial charge in [-0.05, 0) is 42.5 Å². The summed E-state index contributed by atoms with van der Waals surface area (Å²) in [6.45, 7) is -3.88. The maximum absolute atomic E-state index is 14.6. The number of methoxy groups -OCH3 is 1. The Morgan fingerprint density at radius 2 is 1.42 bits per heavy atom. The molecule has 0 radical (unpaired) electrons. The Hall–Kier alpha value is -3.92. The number of halogens is 12. The minimum absolute atomic E-state index is 0.170. The highest BCUT2D eigenvalue weighted by molar-refractivity contribution is 6.35. The molecule has 232 valence electrons. The van der Waals surface area contributed by atoms with E-state index in [0.717, 1.165) is 31.4 Å². The number of amides is 2. The minimum atomic E-state index is -6.61. The second-order valence-electron chi connectivity index (χ2n) is 8.28. The first-order valence-electron chi connectivity index (χ1n) is 11.2. The highest BCUT2D eigenvalue weighted by atomic mass is 35.5. The van der Waals surface area contributed by atoms with Crippen LogP contribution in [0.5, 0.6) is 11.5 Å². The number of ether oxygens (including phenoxy) is 2. The van der Waals surface area contributed by atoms with Crippen molar-refractivity contribution in [2.24, 2.45) is 0 Å². The van der Waals surface area contributed by atoms with Gasteiger partial charge in [0.15, 0.2) is 11.5 Å². The van der Waals surface area contributed by atoms with Gasteiger partial charge in [-0.1, -0.05) is 29.3 Å². The van der Waals surface area contributed by atoms with Crippen molar-refractivity contribution in [3.8, 4) is 11.5 Å². The van der Waals surface area contributed by atoms with E-state index in [0.29, 0.717) is 0 Å². The molecule has 0 bridgehead atoms. The lowest BCUT2D eigenvalue weighted by molar-refractivity contribution is -0.348. The third-order valence-corrected chi connectivity index (χ3v) is 6.19. The molecule has 18 heteroatoms. The predicted molar refractivity (Wildman–Crippen MR) is 133 cm³/mol. The van der Waals surface area contributed by atoms with Gasteiger partial charge in [0, 0.05) is 5.56 Å². The van der Waals surface area contributed by atoms with E-state index >= 15 is 0 Å². The van der Waals surface area contributed by atoms with E-state index in [1.807, 2.05) is 5.32 Å². The number of hydrogen-bond donors (Lipinski definition) is 2. The van der Waals surface area contributed by atoms with Crippen LogP contribution in [0.25, 0.3) is 0 Å². The zero-order valence-electron chi connectivity index (χ0n) is 20.9. The van der Waals surface area contributed by atoms with Gasteiger partial charge in [0.25, 0.3) is 11.8 Å². The maximum Gasteiger partial charge on any atom is 0.435 e. The molecular formula is C25H14Cl2F10N2O4. The molecule has 0 atom stereocenters. The van der Waals surface area contributed by atoms with E-state index in [4.69, 9.17) is 27.9 Å². The molecule has 3 aromatic carbocycles. The van der Waals surface area contributed by atoms with Gasteiger partial charge in [-0.3, -0.25) is 9.59 Å². The Bertz CT molecular complexity index is 1530. The van der Waals surface area contributed by atoms with Crippen molar-refractivity contribution in [3.63, 3.8) is 0 Å². The molecule has 0 unspecified atom stereocenters. The number of carbonyl (C=O) groups excluding carboxylic acids is 2. The number of anilines is 2. The third kappa shape index (κ3) is 6.85. The summed E-state index contributed by atoms with van der Waals surface area (Å²) in [5, 5.41) is 2.71. The summed E-state index contributed by atoms with van der Waals surface area (Å²) in [6, 6.07) is 5.80. The average Bonchev–Trinajstić information content (AvgIpc) is 2.87. The normalized spacial score (nSPS) is 12.2. The molecule has 2 amide bonds. The van der Waals surface area contributed by atoms with Crippen LogP contribution >= 0.6 is 23.2 Å². The summed E-state index contributed by atoms with van der Waals surface area (Å²) in [5.41, 5.74) is -10.2. The molecule has 43 heavy (non-hydrogen) atoms. The predicted octanol–water partition coefficient (Wildman–Crippen LogP) is 8.54. The first-order chi connectivity index (χ1) is 19.8. The summed E-state index contributed by atoms with van der Waals surface area (Å²) in [6.07, 6.45) is -13.2. The van der Waals surface area contributed by atoms with Gasteiger partial charge >= 0.3 is 24.6 Å². The van der Waals surface area contributed by atoms with Crippen molar-refractivity contribution in [1.82, 2.24) is 0 Å². The van der Waals surface area contributed by atoms with Gasteiger partial charge in [0.1, 0.15) is 11.5 Å². The second-order valence-corrected chi connectivity index (χ2v) is 9.10. The standard InChI is InChI=1S/C25H14Cl2F10N2O4/c1-42-19-13(3-2-4-16(19)38-20(40)12-6-5-11(28)9-14(12)26)21(41)39-18-15(27)7-10(8-17(18)43-22(29)30)23(31,24(32,33)34)25(35,36)37/h2-9,22H,1H3,(H,38,40)(H,39,41). The molecular weight excluding hydrogens is 653 g/mol. The smallest absolute Gasteiger partial charge is 0.435 e. The van der Waals surface area contributed by atoms with Crippen LogP contribution < -0.4 is 20.1 Å². The van der Waals surface area contributed by atoms with Crippen molar-refractivity contribution in [2.45, 2.75) is 24.6 Å². The Kier molecular flexibility index (Phi) is 9.65. The van der Waals surface area contributed by atoms with E-state index in [-0.39, 0.29) is 34.2 Å². The van der Waals surface area contributed by atoms with Crippen LogP contribution in [-0.2, 0) is 5.67 Å². The minimum Gasteiger partial charge on any atom is -0.494 e. The van der Waals surface area contributed by atoms with Crippen molar-refractivity contribution >= 4 is 46.4 Å². The van der Waals surface area contributed by atoms with Crippen LogP contribution in [0.15, 0.2) is 48.5 Å². The Morgan fingerprint density at radius 1 is 0.814 bits per heavy atom. The monoisotopic (exact) mass is 666 g/mol. The second kappa shape index (κ2) is 12.4. The molecule has 6 nitrogen and oxygen atoms in total. The molecule has 0 aliphatic rings. The lowest BCUT2D eigenvalue weighted by Crippen LogP contribution is -2.50. The number of benzene rings is 3. The van der Waals surface area contributed by atoms with Gasteiger partial charge in [0.05, 0.1) is 34.0 Å². The molecule has 0 heterocycles. The van der Waals surface area contributed by atoms with Crippen LogP contribution in [0.1, 0.15) is 26.3 Å². The average molecular weight is 667 g/mol. The number of alkyl halides is 9. The summed E-state index contributed by atoms with van der Waals surface area (Å²) < 4.78 is 143. The molecule has 3 rings (SSSR count). The number of carbonyl (C=O) groups is 2. The fourth-order valence-electron chi connectivity index (χ4n) is 3.66. The van der Waals surface area contributed by atoms with Crippen LogP contribution in [0.3, 0.4) is 0 Å². The summed E-state index contributed by atoms with van der Waals surface area (Å²) in [7, 11) is 1.04. The lowest BCUT2D eigenvalue weighted by Gasteiger charge is -2.31. The van der Waals surface area contributed by atoms with E-state index in [2.05, 4.69) is 10.1 Å². The summed E-state index contributed by atoms with van der Waals surface area (Å²) in [5.74, 6) is -4.87. The zero-order chi connectivity index (χ0) is 32.5. The quantitative estimate of drug-likeness (QED) is 0.236. The van der Waals surface area contributed by atoms with Crippen LogP contribution in [-0.4, -0.2) is 37.9 Å². The molecule has 0 aliphatic carbocycles. The molecule has 0 saturated carbocycles. The third-order valence-electron chi connectivity index (χ3n) is 5.58. The molecule has 0 aliphatic heterocycles. The topological polar surface area (TPSA) is 76.7 Å². The number of para-hydroxylation sites is 1. The highest BCUT2D eigenvalue weighted by Crippen LogP contribution is 2.55. The first-order valence-corrected chi connectivity index (χ1v) is 11.9. The van der Waals surface area contributed by atoms with Crippen molar-refractivity contribution in [3.05, 3.63) is 81.1 Å². The van der Waals surface area contributed by atoms with E-state index in [9.17, 15) is 53.5 Å². The fourth-order valence-corrected chi connectivity index (χ4v) is 4.17. The van der Waals surface area contributed by atoms with Crippen LogP contribution in [0, 0.1) is 5.82 Å². The Labute approximate surface area is 244 Å². The van der Waals surface area contributed by atoms with Gasteiger partial charge in [-0.2, -0.15) is 35.1 Å². The molecule has 2 N–H and O–H groups in total. The van der Waals surface area contributed by atoms with Gasteiger partial charge in [-0.25, -0.2) is 8.78 Å². The molecule has 0 aromatic heterocycles. The SMILES string of the molecule is COc1c(NC(=O)c2ccc(F)cc2Cl)cccc1C(=O)Nc1c(Cl)cc(C(F)(C(F)(F)F)C(F)(F)F)cc1OC(F)F. The zero-order valence-corrected chi connectivity index (χ0v) is 22.4. The number of nitrogens with one attached hydrogen (secondary N) is 2. The largest absolute Gasteiger partial charge is 0.494 e. The number of rotatable bonds is 8. The van der Waals surface area contributed by atoms with Crippen LogP contribution in [0.2, 0.25) is 10.0 Å². The van der Waals surface area contributed by atoms with E-state index < -0.39 is 69.9 Å². The van der Waals surface area contributed by atoms with Gasteiger partial charge in [-0.15, -0.1) is 0 Å².